The molecule has 5 rings (SSSR count). The molecule has 3 aromatic rings. The second-order valence-electron chi connectivity index (χ2n) is 6.49. The fourth-order valence-electron chi connectivity index (χ4n) is 3.66. The van der Waals surface area contributed by atoms with Gasteiger partial charge in [0, 0.05) is 16.0 Å². The highest BCUT2D eigenvalue weighted by molar-refractivity contribution is 7.90. The number of benzene rings is 2. The summed E-state index contributed by atoms with van der Waals surface area (Å²) >= 11 is 1.48. The first-order valence-corrected chi connectivity index (χ1v) is 10.8. The summed E-state index contributed by atoms with van der Waals surface area (Å²) in [5.74, 6) is -0.800. The van der Waals surface area contributed by atoms with Crippen LogP contribution in [0.1, 0.15) is 26.9 Å². The second-order valence-corrected chi connectivity index (χ2v) is 9.18. The van der Waals surface area contributed by atoms with E-state index in [0.29, 0.717) is 10.6 Å². The van der Waals surface area contributed by atoms with Crippen LogP contribution < -0.4 is 0 Å². The minimum absolute atomic E-state index is 0.159. The van der Waals surface area contributed by atoms with Crippen LogP contribution in [0, 0.1) is 11.3 Å². The summed E-state index contributed by atoms with van der Waals surface area (Å²) in [6.45, 7) is 0. The van der Waals surface area contributed by atoms with E-state index < -0.39 is 15.9 Å². The lowest BCUT2D eigenvalue weighted by atomic mass is 9.93. The van der Waals surface area contributed by atoms with Gasteiger partial charge in [-0.1, -0.05) is 42.5 Å². The molecule has 1 aromatic heterocycles. The zero-order chi connectivity index (χ0) is 18.6. The summed E-state index contributed by atoms with van der Waals surface area (Å²) < 4.78 is 28.6. The van der Waals surface area contributed by atoms with Gasteiger partial charge in [-0.05, 0) is 24.5 Å². The van der Waals surface area contributed by atoms with Gasteiger partial charge < -0.3 is 0 Å². The summed E-state index contributed by atoms with van der Waals surface area (Å²) in [7, 11) is -3.75. The van der Waals surface area contributed by atoms with E-state index in [-0.39, 0.29) is 10.6 Å². The van der Waals surface area contributed by atoms with E-state index in [1.54, 1.807) is 18.2 Å². The Hall–Kier alpha value is -2.82. The van der Waals surface area contributed by atoms with Gasteiger partial charge in [-0.25, -0.2) is 4.98 Å². The number of thiazole rings is 1. The highest BCUT2D eigenvalue weighted by Crippen LogP contribution is 2.40. The monoisotopic (exact) mass is 391 g/mol. The van der Waals surface area contributed by atoms with Crippen LogP contribution in [0.4, 0.5) is 0 Å². The summed E-state index contributed by atoms with van der Waals surface area (Å²) in [4.78, 5) is 6.05. The molecule has 0 amide bonds. The lowest BCUT2D eigenvalue weighted by Gasteiger charge is -2.13. The van der Waals surface area contributed by atoms with Gasteiger partial charge in [0.05, 0.1) is 22.4 Å². The van der Waals surface area contributed by atoms with Crippen LogP contribution in [-0.2, 0) is 22.9 Å². The summed E-state index contributed by atoms with van der Waals surface area (Å²) in [5.41, 5.74) is 4.03. The van der Waals surface area contributed by atoms with Crippen molar-refractivity contribution in [3.63, 3.8) is 0 Å². The van der Waals surface area contributed by atoms with Crippen LogP contribution in [-0.4, -0.2) is 19.1 Å². The van der Waals surface area contributed by atoms with Crippen molar-refractivity contribution in [1.29, 1.82) is 5.26 Å². The van der Waals surface area contributed by atoms with Gasteiger partial charge in [0.15, 0.2) is 0 Å². The molecule has 5 nitrogen and oxygen atoms in total. The molecule has 1 atom stereocenters. The van der Waals surface area contributed by atoms with Gasteiger partial charge in [-0.2, -0.15) is 18.1 Å². The van der Waals surface area contributed by atoms with Gasteiger partial charge >= 0.3 is 0 Å². The van der Waals surface area contributed by atoms with E-state index in [1.807, 2.05) is 18.2 Å². The highest BCUT2D eigenvalue weighted by Gasteiger charge is 2.36. The Balaban J connectivity index is 1.64. The molecule has 1 aliphatic heterocycles. The fourth-order valence-corrected chi connectivity index (χ4v) is 6.05. The largest absolute Gasteiger partial charge is 0.283 e. The predicted molar refractivity (Wildman–Crippen MR) is 103 cm³/mol. The molecule has 0 saturated heterocycles. The summed E-state index contributed by atoms with van der Waals surface area (Å²) in [6, 6.07) is 17.0. The van der Waals surface area contributed by atoms with E-state index in [0.717, 1.165) is 29.0 Å². The van der Waals surface area contributed by atoms with Crippen molar-refractivity contribution in [3.8, 4) is 17.3 Å². The smallest absolute Gasteiger partial charge is 0.239 e. The van der Waals surface area contributed by atoms with E-state index >= 15 is 0 Å². The van der Waals surface area contributed by atoms with E-state index in [9.17, 15) is 13.7 Å². The molecule has 0 radical (unpaired) electrons. The lowest BCUT2D eigenvalue weighted by molar-refractivity contribution is 0.599. The molecule has 2 aromatic carbocycles. The predicted octanol–water partition coefficient (Wildman–Crippen LogP) is 3.71. The fraction of sp³-hybridized carbons (Fsp3) is 0.150. The van der Waals surface area contributed by atoms with Crippen molar-refractivity contribution in [2.75, 3.05) is 0 Å². The van der Waals surface area contributed by atoms with Crippen LogP contribution >= 0.6 is 11.3 Å². The first kappa shape index (κ1) is 16.4. The Bertz CT molecular complexity index is 1270. The molecule has 7 heteroatoms. The van der Waals surface area contributed by atoms with Crippen LogP contribution in [0.2, 0.25) is 0 Å². The molecule has 0 N–H and O–H groups in total. The number of nitriles is 1. The van der Waals surface area contributed by atoms with E-state index in [1.165, 1.54) is 23.0 Å². The zero-order valence-electron chi connectivity index (χ0n) is 14.1. The van der Waals surface area contributed by atoms with Crippen molar-refractivity contribution in [3.05, 3.63) is 69.5 Å². The van der Waals surface area contributed by atoms with Crippen molar-refractivity contribution < 1.29 is 8.42 Å². The SMILES string of the molecule is N#C[C@@H](C1=NS(=O)(=O)c2ccccc21)c1nc2c(s1)CCc1ccccc1-2. The minimum atomic E-state index is -3.75. The molecule has 1 aliphatic carbocycles. The Kier molecular flexibility index (Phi) is 3.54. The highest BCUT2D eigenvalue weighted by atomic mass is 32.2. The third-order valence-corrected chi connectivity index (χ3v) is 7.45. The second kappa shape index (κ2) is 5.84. The molecule has 2 aliphatic rings. The van der Waals surface area contributed by atoms with Crippen molar-refractivity contribution in [2.45, 2.75) is 23.7 Å². The maximum Gasteiger partial charge on any atom is 0.283 e. The molecule has 0 unspecified atom stereocenters. The number of aryl methyl sites for hydroxylation is 2. The number of hydrogen-bond acceptors (Lipinski definition) is 5. The van der Waals surface area contributed by atoms with Crippen molar-refractivity contribution in [2.24, 2.45) is 4.40 Å². The number of rotatable bonds is 2. The number of hydrogen-bond donors (Lipinski definition) is 0. The van der Waals surface area contributed by atoms with Gasteiger partial charge in [-0.3, -0.25) is 0 Å². The maximum absolute atomic E-state index is 12.4. The van der Waals surface area contributed by atoms with Crippen LogP contribution in [0.15, 0.2) is 57.8 Å². The molecular weight excluding hydrogens is 378 g/mol. The van der Waals surface area contributed by atoms with Gasteiger partial charge in [0.1, 0.15) is 10.9 Å². The normalized spacial score (nSPS) is 17.2. The van der Waals surface area contributed by atoms with Crippen LogP contribution in [0.25, 0.3) is 11.3 Å². The number of aromatic nitrogens is 1. The first-order valence-electron chi connectivity index (χ1n) is 8.50. The van der Waals surface area contributed by atoms with Gasteiger partial charge in [0.25, 0.3) is 10.0 Å². The minimum Gasteiger partial charge on any atom is -0.239 e. The third-order valence-electron chi connectivity index (χ3n) is 4.92. The Morgan fingerprint density at radius 2 is 1.78 bits per heavy atom. The average molecular weight is 391 g/mol. The maximum atomic E-state index is 12.4. The van der Waals surface area contributed by atoms with E-state index in [4.69, 9.17) is 4.98 Å². The molecule has 0 fully saturated rings. The van der Waals surface area contributed by atoms with Gasteiger partial charge in [0.2, 0.25) is 0 Å². The molecule has 27 heavy (non-hydrogen) atoms. The lowest BCUT2D eigenvalue weighted by Crippen LogP contribution is -2.10. The first-order chi connectivity index (χ1) is 13.1. The number of fused-ring (bicyclic) bond motifs is 4. The van der Waals surface area contributed by atoms with Gasteiger partial charge in [-0.15, -0.1) is 11.3 Å². The average Bonchev–Trinajstić information content (AvgIpc) is 3.22. The standard InChI is InChI=1S/C20H13N3O2S2/c21-11-15(18-14-7-3-4-8-17(14)27(24,25)23-18)20-22-19-13-6-2-1-5-12(13)9-10-16(19)26-20/h1-8,15H,9-10H2/t15-/m0/s1. The molecular formula is C20H13N3O2S2. The Morgan fingerprint density at radius 1 is 1.04 bits per heavy atom. The quantitative estimate of drug-likeness (QED) is 0.667. The zero-order valence-corrected chi connectivity index (χ0v) is 15.7. The van der Waals surface area contributed by atoms with Crippen LogP contribution in [0.3, 0.4) is 0 Å². The molecule has 0 bridgehead atoms. The Morgan fingerprint density at radius 3 is 2.59 bits per heavy atom. The topological polar surface area (TPSA) is 83.2 Å². The Labute approximate surface area is 160 Å². The molecule has 132 valence electrons. The number of sulfonamides is 1. The number of nitrogens with zero attached hydrogens (tertiary/aromatic N) is 3. The summed E-state index contributed by atoms with van der Waals surface area (Å²) in [5, 5.41) is 10.4. The van der Waals surface area contributed by atoms with Crippen molar-refractivity contribution in [1.82, 2.24) is 4.98 Å². The van der Waals surface area contributed by atoms with Crippen LogP contribution in [0.5, 0.6) is 0 Å². The molecule has 2 heterocycles. The summed E-state index contributed by atoms with van der Waals surface area (Å²) in [6.07, 6.45) is 1.82. The molecule has 0 saturated carbocycles. The third kappa shape index (κ3) is 2.45. The van der Waals surface area contributed by atoms with E-state index in [2.05, 4.69) is 16.5 Å². The van der Waals surface area contributed by atoms with Crippen molar-refractivity contribution >= 4 is 27.1 Å². The molecule has 0 spiro atoms.